The number of carbonyl (C=O) groups excluding carboxylic acids is 1. The number of rotatable bonds is 8. The molecule has 0 saturated heterocycles. The maximum Gasteiger partial charge on any atom is 0.275 e. The Morgan fingerprint density at radius 3 is 2.59 bits per heavy atom. The average molecular weight is 382 g/mol. The van der Waals surface area contributed by atoms with Crippen molar-refractivity contribution in [3.05, 3.63) is 87.6 Å². The number of hydrogen-bond donors (Lipinski definition) is 2. The normalized spacial score (nSPS) is 11.8. The second-order valence-corrected chi connectivity index (χ2v) is 7.41. The number of methoxy groups -OCH3 is 1. The van der Waals surface area contributed by atoms with Crippen LogP contribution < -0.4 is 15.4 Å². The van der Waals surface area contributed by atoms with Crippen molar-refractivity contribution in [2.45, 2.75) is 19.5 Å². The van der Waals surface area contributed by atoms with Gasteiger partial charge in [-0.15, -0.1) is 11.3 Å². The summed E-state index contributed by atoms with van der Waals surface area (Å²) < 4.78 is 5.33. The van der Waals surface area contributed by atoms with E-state index in [9.17, 15) is 4.79 Å². The summed E-state index contributed by atoms with van der Waals surface area (Å²) in [5.41, 5.74) is 3.42. The number of thiophene rings is 1. The van der Waals surface area contributed by atoms with E-state index in [2.05, 4.69) is 59.3 Å². The summed E-state index contributed by atoms with van der Waals surface area (Å²) in [5, 5.41) is 7.15. The molecule has 1 heterocycles. The Morgan fingerprint density at radius 2 is 1.89 bits per heavy atom. The summed E-state index contributed by atoms with van der Waals surface area (Å²) in [6, 6.07) is 20.5. The molecule has 0 aliphatic heterocycles. The van der Waals surface area contributed by atoms with E-state index in [1.54, 1.807) is 18.4 Å². The van der Waals surface area contributed by atoms with E-state index in [-0.39, 0.29) is 11.9 Å². The van der Waals surface area contributed by atoms with Gasteiger partial charge in [0.05, 0.1) is 12.0 Å². The minimum Gasteiger partial charge on any atom is -0.496 e. The number of benzene rings is 2. The van der Waals surface area contributed by atoms with Gasteiger partial charge in [0.15, 0.2) is 6.54 Å². The van der Waals surface area contributed by atoms with Crippen molar-refractivity contribution in [1.29, 1.82) is 0 Å². The fourth-order valence-corrected chi connectivity index (χ4v) is 3.85. The molecule has 0 radical (unpaired) electrons. The first-order valence-electron chi connectivity index (χ1n) is 8.99. The zero-order valence-corrected chi connectivity index (χ0v) is 16.5. The number of nitrogens with two attached hydrogens (primary N) is 1. The highest BCUT2D eigenvalue weighted by atomic mass is 32.1. The summed E-state index contributed by atoms with van der Waals surface area (Å²) in [7, 11) is 1.64. The van der Waals surface area contributed by atoms with E-state index in [0.717, 1.165) is 11.3 Å². The van der Waals surface area contributed by atoms with Gasteiger partial charge in [0.1, 0.15) is 11.8 Å². The molecule has 3 rings (SSSR count). The van der Waals surface area contributed by atoms with Crippen LogP contribution in [-0.4, -0.2) is 19.6 Å². The minimum atomic E-state index is 0.00886. The molecule has 0 spiro atoms. The number of amides is 1. The first-order valence-corrected chi connectivity index (χ1v) is 9.87. The maximum absolute atomic E-state index is 12.4. The van der Waals surface area contributed by atoms with Crippen molar-refractivity contribution >= 4 is 17.2 Å². The van der Waals surface area contributed by atoms with Crippen molar-refractivity contribution in [3.63, 3.8) is 0 Å². The zero-order chi connectivity index (χ0) is 19.1. The van der Waals surface area contributed by atoms with Gasteiger partial charge in [-0.3, -0.25) is 4.79 Å². The molecule has 140 valence electrons. The number of nitrogens with one attached hydrogen (secondary N) is 1. The van der Waals surface area contributed by atoms with Crippen molar-refractivity contribution in [3.8, 4) is 5.75 Å². The van der Waals surface area contributed by atoms with Gasteiger partial charge in [-0.2, -0.15) is 0 Å². The molecule has 4 nitrogen and oxygen atoms in total. The summed E-state index contributed by atoms with van der Waals surface area (Å²) in [6.07, 6.45) is 0. The number of quaternary nitrogens is 1. The van der Waals surface area contributed by atoms with Crippen LogP contribution in [0.3, 0.4) is 0 Å². The number of aryl methyl sites for hydroxylation is 1. The van der Waals surface area contributed by atoms with E-state index in [1.165, 1.54) is 16.0 Å². The van der Waals surface area contributed by atoms with E-state index in [4.69, 9.17) is 4.74 Å². The molecule has 0 bridgehead atoms. The van der Waals surface area contributed by atoms with Crippen molar-refractivity contribution in [2.75, 3.05) is 13.7 Å². The van der Waals surface area contributed by atoms with E-state index in [1.807, 2.05) is 24.3 Å². The highest BCUT2D eigenvalue weighted by Gasteiger charge is 2.20. The Morgan fingerprint density at radius 1 is 1.11 bits per heavy atom. The third kappa shape index (κ3) is 5.18. The summed E-state index contributed by atoms with van der Waals surface area (Å²) in [6.45, 7) is 2.91. The number of para-hydroxylation sites is 1. The second kappa shape index (κ2) is 9.35. The van der Waals surface area contributed by atoms with Crippen LogP contribution in [0.25, 0.3) is 0 Å². The van der Waals surface area contributed by atoms with Gasteiger partial charge >= 0.3 is 0 Å². The molecule has 0 fully saturated rings. The van der Waals surface area contributed by atoms with Crippen LogP contribution >= 0.6 is 11.3 Å². The number of ether oxygens (including phenoxy) is 1. The summed E-state index contributed by atoms with van der Waals surface area (Å²) >= 11 is 1.72. The lowest BCUT2D eigenvalue weighted by Gasteiger charge is -2.15. The molecular weight excluding hydrogens is 356 g/mol. The molecule has 0 unspecified atom stereocenters. The van der Waals surface area contributed by atoms with Crippen LogP contribution in [0.1, 0.15) is 27.6 Å². The van der Waals surface area contributed by atoms with Crippen molar-refractivity contribution in [1.82, 2.24) is 5.32 Å². The van der Waals surface area contributed by atoms with Gasteiger partial charge in [-0.1, -0.05) is 54.1 Å². The Hall–Kier alpha value is -2.63. The third-order valence-corrected chi connectivity index (χ3v) is 5.45. The van der Waals surface area contributed by atoms with Crippen LogP contribution in [0.4, 0.5) is 0 Å². The molecule has 3 N–H and O–H groups in total. The van der Waals surface area contributed by atoms with E-state index in [0.29, 0.717) is 13.1 Å². The number of carbonyl (C=O) groups is 1. The SMILES string of the molecule is COc1ccccc1CNC(=O)C[NH2+][C@@H](c1ccc(C)cc1)c1cccs1. The first-order chi connectivity index (χ1) is 13.2. The molecule has 5 heteroatoms. The van der Waals surface area contributed by atoms with Crippen molar-refractivity contribution < 1.29 is 14.8 Å². The standard InChI is InChI=1S/C22H24N2O2S/c1-16-9-11-17(12-10-16)22(20-8-5-13-27-20)24-15-21(25)23-14-18-6-3-4-7-19(18)26-2/h3-13,22,24H,14-15H2,1-2H3,(H,23,25)/p+1/t22-/m0/s1. The lowest BCUT2D eigenvalue weighted by Crippen LogP contribution is -2.87. The molecular formula is C22H25N2O2S+. The van der Waals surface area contributed by atoms with E-state index < -0.39 is 0 Å². The monoisotopic (exact) mass is 381 g/mol. The Kier molecular flexibility index (Phi) is 6.63. The molecule has 0 aliphatic carbocycles. The van der Waals surface area contributed by atoms with Crippen LogP contribution in [0.2, 0.25) is 0 Å². The fourth-order valence-electron chi connectivity index (χ4n) is 3.00. The predicted molar refractivity (Wildman–Crippen MR) is 109 cm³/mol. The quantitative estimate of drug-likeness (QED) is 0.630. The smallest absolute Gasteiger partial charge is 0.275 e. The van der Waals surface area contributed by atoms with Crippen LogP contribution in [0, 0.1) is 6.92 Å². The van der Waals surface area contributed by atoms with Gasteiger partial charge in [0, 0.05) is 17.7 Å². The average Bonchev–Trinajstić information content (AvgIpc) is 3.22. The molecule has 1 amide bonds. The van der Waals surface area contributed by atoms with Gasteiger partial charge in [-0.05, 0) is 24.4 Å². The van der Waals surface area contributed by atoms with Gasteiger partial charge in [-0.25, -0.2) is 0 Å². The molecule has 1 aromatic heterocycles. The molecule has 27 heavy (non-hydrogen) atoms. The third-order valence-electron chi connectivity index (χ3n) is 4.49. The highest BCUT2D eigenvalue weighted by Crippen LogP contribution is 2.23. The predicted octanol–water partition coefficient (Wildman–Crippen LogP) is 3.03. The van der Waals surface area contributed by atoms with Gasteiger partial charge < -0.3 is 15.4 Å². The molecule has 0 saturated carbocycles. The lowest BCUT2D eigenvalue weighted by molar-refractivity contribution is -0.676. The Bertz CT molecular complexity index is 860. The maximum atomic E-state index is 12.4. The zero-order valence-electron chi connectivity index (χ0n) is 15.6. The van der Waals surface area contributed by atoms with Crippen LogP contribution in [0.5, 0.6) is 5.75 Å². The second-order valence-electron chi connectivity index (χ2n) is 6.43. The fraction of sp³-hybridized carbons (Fsp3) is 0.227. The topological polar surface area (TPSA) is 54.9 Å². The highest BCUT2D eigenvalue weighted by molar-refractivity contribution is 7.10. The summed E-state index contributed by atoms with van der Waals surface area (Å²) in [5.74, 6) is 0.799. The molecule has 0 aliphatic rings. The molecule has 3 aromatic rings. The minimum absolute atomic E-state index is 0.00886. The molecule has 2 aromatic carbocycles. The van der Waals surface area contributed by atoms with Crippen LogP contribution in [-0.2, 0) is 11.3 Å². The Balaban J connectivity index is 1.61. The Labute approximate surface area is 164 Å². The van der Waals surface area contributed by atoms with Crippen LogP contribution in [0.15, 0.2) is 66.0 Å². The van der Waals surface area contributed by atoms with E-state index >= 15 is 0 Å². The van der Waals surface area contributed by atoms with Gasteiger partial charge in [0.2, 0.25) is 0 Å². The lowest BCUT2D eigenvalue weighted by atomic mass is 10.0. The van der Waals surface area contributed by atoms with Gasteiger partial charge in [0.25, 0.3) is 5.91 Å². The molecule has 1 atom stereocenters. The number of hydrogen-bond acceptors (Lipinski definition) is 3. The summed E-state index contributed by atoms with van der Waals surface area (Å²) in [4.78, 5) is 13.6. The first kappa shape index (κ1) is 19.1. The largest absolute Gasteiger partial charge is 0.496 e. The van der Waals surface area contributed by atoms with Crippen molar-refractivity contribution in [2.24, 2.45) is 0 Å².